The second kappa shape index (κ2) is 8.21. The van der Waals surface area contributed by atoms with Crippen LogP contribution in [0.1, 0.15) is 22.2 Å². The number of hydrogen-bond acceptors (Lipinski definition) is 8. The van der Waals surface area contributed by atoms with Crippen molar-refractivity contribution >= 4 is 28.7 Å². The molecule has 1 unspecified atom stereocenters. The van der Waals surface area contributed by atoms with Crippen LogP contribution in [0.4, 0.5) is 5.82 Å². The number of ether oxygens (including phenoxy) is 1. The molecular formula is C21H19N5O4. The summed E-state index contributed by atoms with van der Waals surface area (Å²) in [4.78, 5) is 37.6. The molecule has 4 rings (SSSR count). The molecule has 1 aliphatic heterocycles. The van der Waals surface area contributed by atoms with E-state index in [4.69, 9.17) is 9.15 Å². The molecule has 0 spiro atoms. The molecule has 1 amide bonds. The highest BCUT2D eigenvalue weighted by Crippen LogP contribution is 2.28. The zero-order valence-electron chi connectivity index (χ0n) is 16.3. The Labute approximate surface area is 172 Å². The lowest BCUT2D eigenvalue weighted by Crippen LogP contribution is -2.49. The van der Waals surface area contributed by atoms with Crippen molar-refractivity contribution in [3.05, 3.63) is 54.1 Å². The van der Waals surface area contributed by atoms with E-state index in [1.165, 1.54) is 13.4 Å². The number of anilines is 1. The van der Waals surface area contributed by atoms with Gasteiger partial charge in [0, 0.05) is 26.2 Å². The van der Waals surface area contributed by atoms with Gasteiger partial charge in [0.25, 0.3) is 5.91 Å². The normalized spacial score (nSPS) is 14.9. The molecule has 1 fully saturated rings. The maximum absolute atomic E-state index is 12.5. The number of amides is 1. The Kier molecular flexibility index (Phi) is 5.30. The Morgan fingerprint density at radius 2 is 1.80 bits per heavy atom. The van der Waals surface area contributed by atoms with Crippen molar-refractivity contribution in [2.24, 2.45) is 0 Å². The molecule has 1 aliphatic rings. The largest absolute Gasteiger partial charge is 0.468 e. The molecule has 2 aromatic heterocycles. The maximum atomic E-state index is 12.5. The number of esters is 1. The zero-order valence-corrected chi connectivity index (χ0v) is 16.3. The van der Waals surface area contributed by atoms with Crippen molar-refractivity contribution in [3.8, 4) is 6.07 Å². The lowest BCUT2D eigenvalue weighted by atomic mass is 10.1. The molecule has 1 saturated heterocycles. The van der Waals surface area contributed by atoms with Crippen LogP contribution < -0.4 is 4.90 Å². The summed E-state index contributed by atoms with van der Waals surface area (Å²) in [6.45, 7) is 1.85. The summed E-state index contributed by atoms with van der Waals surface area (Å²) < 4.78 is 9.99. The minimum Gasteiger partial charge on any atom is -0.468 e. The van der Waals surface area contributed by atoms with Gasteiger partial charge in [0.1, 0.15) is 5.69 Å². The van der Waals surface area contributed by atoms with Gasteiger partial charge in [-0.3, -0.25) is 9.59 Å². The number of nitriles is 1. The number of aromatic nitrogens is 2. The van der Waals surface area contributed by atoms with Crippen LogP contribution in [0, 0.1) is 11.3 Å². The van der Waals surface area contributed by atoms with Gasteiger partial charge in [-0.1, -0.05) is 12.1 Å². The number of piperazine rings is 1. The third-order valence-electron chi connectivity index (χ3n) is 5.02. The first-order valence-corrected chi connectivity index (χ1v) is 9.44. The minimum absolute atomic E-state index is 0.172. The van der Waals surface area contributed by atoms with Gasteiger partial charge < -0.3 is 19.0 Å². The molecular weight excluding hydrogens is 386 g/mol. The molecule has 1 aromatic carbocycles. The summed E-state index contributed by atoms with van der Waals surface area (Å²) in [5.74, 6) is -1.30. The Balaban J connectivity index is 1.65. The average molecular weight is 405 g/mol. The van der Waals surface area contributed by atoms with Crippen LogP contribution in [0.2, 0.25) is 0 Å². The van der Waals surface area contributed by atoms with Crippen LogP contribution in [0.3, 0.4) is 0 Å². The lowest BCUT2D eigenvalue weighted by molar-refractivity contribution is -0.141. The molecule has 0 bridgehead atoms. The molecule has 152 valence electrons. The lowest BCUT2D eigenvalue weighted by Gasteiger charge is -2.35. The molecule has 9 nitrogen and oxygen atoms in total. The van der Waals surface area contributed by atoms with Gasteiger partial charge in [0.2, 0.25) is 0 Å². The summed E-state index contributed by atoms with van der Waals surface area (Å²) in [6.07, 6.45) is 1.47. The number of carbonyl (C=O) groups excluding carboxylic acids is 2. The van der Waals surface area contributed by atoms with Crippen LogP contribution in [0.15, 0.2) is 47.1 Å². The number of nitrogens with zero attached hydrogens (tertiary/aromatic N) is 5. The Hall–Kier alpha value is -3.93. The molecule has 9 heteroatoms. The standard InChI is InChI=1S/C21H19N5O4/c1-29-21(28)14(13-22)18-19(24-16-6-3-2-5-15(16)23-18)25-8-10-26(11-9-25)20(27)17-7-4-12-30-17/h2-7,12,14H,8-11H2,1H3. The van der Waals surface area contributed by atoms with E-state index in [-0.39, 0.29) is 11.6 Å². The van der Waals surface area contributed by atoms with Crippen LogP contribution >= 0.6 is 0 Å². The number of furan rings is 1. The molecule has 3 aromatic rings. The number of rotatable bonds is 4. The van der Waals surface area contributed by atoms with E-state index in [0.717, 1.165) is 0 Å². The Morgan fingerprint density at radius 3 is 2.40 bits per heavy atom. The van der Waals surface area contributed by atoms with Gasteiger partial charge in [-0.25, -0.2) is 9.97 Å². The highest BCUT2D eigenvalue weighted by atomic mass is 16.5. The van der Waals surface area contributed by atoms with Crippen LogP contribution in [0.5, 0.6) is 0 Å². The second-order valence-electron chi connectivity index (χ2n) is 6.76. The quantitative estimate of drug-likeness (QED) is 0.606. The molecule has 0 radical (unpaired) electrons. The molecule has 1 atom stereocenters. The molecule has 0 aliphatic carbocycles. The summed E-state index contributed by atoms with van der Waals surface area (Å²) in [5.41, 5.74) is 1.51. The highest BCUT2D eigenvalue weighted by Gasteiger charge is 2.31. The van der Waals surface area contributed by atoms with Gasteiger partial charge in [-0.2, -0.15) is 5.26 Å². The van der Waals surface area contributed by atoms with Crippen molar-refractivity contribution < 1.29 is 18.7 Å². The predicted molar refractivity (Wildman–Crippen MR) is 107 cm³/mol. The first kappa shape index (κ1) is 19.4. The zero-order chi connectivity index (χ0) is 21.1. The van der Waals surface area contributed by atoms with Crippen LogP contribution in [-0.4, -0.2) is 60.0 Å². The minimum atomic E-state index is -1.19. The van der Waals surface area contributed by atoms with Crippen LogP contribution in [-0.2, 0) is 9.53 Å². The second-order valence-corrected chi connectivity index (χ2v) is 6.76. The van der Waals surface area contributed by atoms with Crippen molar-refractivity contribution in [2.75, 3.05) is 38.2 Å². The molecule has 0 saturated carbocycles. The molecule has 0 N–H and O–H groups in total. The number of methoxy groups -OCH3 is 1. The van der Waals surface area contributed by atoms with Crippen molar-refractivity contribution in [2.45, 2.75) is 5.92 Å². The van der Waals surface area contributed by atoms with Crippen LogP contribution in [0.25, 0.3) is 11.0 Å². The van der Waals surface area contributed by atoms with E-state index in [1.54, 1.807) is 23.1 Å². The fourth-order valence-electron chi connectivity index (χ4n) is 3.45. The highest BCUT2D eigenvalue weighted by molar-refractivity contribution is 5.91. The number of benzene rings is 1. The summed E-state index contributed by atoms with van der Waals surface area (Å²) in [6, 6.07) is 12.6. The van der Waals surface area contributed by atoms with Crippen molar-refractivity contribution in [3.63, 3.8) is 0 Å². The number of para-hydroxylation sites is 2. The van der Waals surface area contributed by atoms with Gasteiger partial charge >= 0.3 is 5.97 Å². The van der Waals surface area contributed by atoms with E-state index in [0.29, 0.717) is 48.8 Å². The number of carbonyl (C=O) groups is 2. The van der Waals surface area contributed by atoms with Crippen molar-refractivity contribution in [1.82, 2.24) is 14.9 Å². The maximum Gasteiger partial charge on any atom is 0.329 e. The van der Waals surface area contributed by atoms with E-state index in [1.807, 2.05) is 29.2 Å². The topological polar surface area (TPSA) is 113 Å². The van der Waals surface area contributed by atoms with E-state index >= 15 is 0 Å². The van der Waals surface area contributed by atoms with Gasteiger partial charge in [0.15, 0.2) is 17.5 Å². The SMILES string of the molecule is COC(=O)C(C#N)c1nc2ccccc2nc1N1CCN(C(=O)c2ccco2)CC1. The molecule has 3 heterocycles. The van der Waals surface area contributed by atoms with Gasteiger partial charge in [-0.15, -0.1) is 0 Å². The third kappa shape index (κ3) is 3.55. The monoisotopic (exact) mass is 405 g/mol. The average Bonchev–Trinajstić information content (AvgIpc) is 3.33. The third-order valence-corrected chi connectivity index (χ3v) is 5.02. The van der Waals surface area contributed by atoms with Crippen molar-refractivity contribution in [1.29, 1.82) is 5.26 Å². The summed E-state index contributed by atoms with van der Waals surface area (Å²) >= 11 is 0. The predicted octanol–water partition coefficient (Wildman–Crippen LogP) is 1.97. The van der Waals surface area contributed by atoms with E-state index in [2.05, 4.69) is 9.97 Å². The number of fused-ring (bicyclic) bond motifs is 1. The van der Waals surface area contributed by atoms with E-state index < -0.39 is 11.9 Å². The fraction of sp³-hybridized carbons (Fsp3) is 0.286. The van der Waals surface area contributed by atoms with E-state index in [9.17, 15) is 14.9 Å². The van der Waals surface area contributed by atoms with Gasteiger partial charge in [-0.05, 0) is 24.3 Å². The Bertz CT molecular complexity index is 1110. The molecule has 30 heavy (non-hydrogen) atoms. The summed E-state index contributed by atoms with van der Waals surface area (Å²) in [5, 5.41) is 9.60. The van der Waals surface area contributed by atoms with Gasteiger partial charge in [0.05, 0.1) is 30.5 Å². The first-order chi connectivity index (χ1) is 14.6. The number of hydrogen-bond donors (Lipinski definition) is 0. The fourth-order valence-corrected chi connectivity index (χ4v) is 3.45. The Morgan fingerprint density at radius 1 is 1.10 bits per heavy atom. The summed E-state index contributed by atoms with van der Waals surface area (Å²) in [7, 11) is 1.24. The smallest absolute Gasteiger partial charge is 0.329 e. The first-order valence-electron chi connectivity index (χ1n) is 9.44.